The Balaban J connectivity index is 1.42. The van der Waals surface area contributed by atoms with Crippen LogP contribution in [0.15, 0.2) is 60.2 Å². The maximum absolute atomic E-state index is 14.2. The normalized spacial score (nSPS) is 24.3. The number of thiazole rings is 1. The standard InChI is InChI=1S/C29H29N3O4S/c33-26(13-14-27(34)35)31-29(20-11-12-20)21-7-1-2-9-23(21)32(24-10-4-8-22(24)29)28(36)19-6-3-5-18(15-19)25-16-30-17-37-25/h1-3,5-7,9,15-17,20,22,24H,4,8,10-14H2,(H,31,33)(H,34,35)/t22-,24+,29+/m0/s1. The van der Waals surface area contributed by atoms with E-state index in [1.807, 2.05) is 59.6 Å². The molecule has 2 aromatic carbocycles. The van der Waals surface area contributed by atoms with Crippen LogP contribution in [0.5, 0.6) is 0 Å². The second-order valence-electron chi connectivity index (χ2n) is 10.3. The lowest BCUT2D eigenvalue weighted by molar-refractivity contribution is -0.139. The number of aromatic nitrogens is 1. The predicted octanol–water partition coefficient (Wildman–Crippen LogP) is 5.23. The molecule has 2 aliphatic carbocycles. The minimum atomic E-state index is -0.976. The van der Waals surface area contributed by atoms with E-state index in [9.17, 15) is 14.4 Å². The quantitative estimate of drug-likeness (QED) is 0.449. The topological polar surface area (TPSA) is 99.6 Å². The summed E-state index contributed by atoms with van der Waals surface area (Å²) < 4.78 is 0. The van der Waals surface area contributed by atoms with E-state index in [4.69, 9.17) is 5.11 Å². The number of nitrogens with zero attached hydrogens (tertiary/aromatic N) is 2. The molecule has 190 valence electrons. The molecule has 2 amide bonds. The highest BCUT2D eigenvalue weighted by Crippen LogP contribution is 2.60. The number of benzene rings is 2. The van der Waals surface area contributed by atoms with Crippen LogP contribution in [0.4, 0.5) is 5.69 Å². The van der Waals surface area contributed by atoms with Crippen molar-refractivity contribution in [1.82, 2.24) is 10.3 Å². The van der Waals surface area contributed by atoms with Gasteiger partial charge in [0.25, 0.3) is 5.91 Å². The molecule has 0 bridgehead atoms. The molecule has 7 nitrogen and oxygen atoms in total. The molecule has 37 heavy (non-hydrogen) atoms. The van der Waals surface area contributed by atoms with Crippen LogP contribution in [-0.4, -0.2) is 33.9 Å². The first kappa shape index (κ1) is 23.9. The number of carbonyl (C=O) groups excluding carboxylic acids is 2. The van der Waals surface area contributed by atoms with E-state index in [0.717, 1.165) is 53.8 Å². The zero-order valence-corrected chi connectivity index (χ0v) is 21.2. The van der Waals surface area contributed by atoms with Gasteiger partial charge in [-0.15, -0.1) is 11.3 Å². The first-order valence-corrected chi connectivity index (χ1v) is 13.8. The highest BCUT2D eigenvalue weighted by molar-refractivity contribution is 7.13. The van der Waals surface area contributed by atoms with Crippen molar-refractivity contribution in [2.45, 2.75) is 56.5 Å². The van der Waals surface area contributed by atoms with Crippen LogP contribution in [-0.2, 0) is 15.1 Å². The van der Waals surface area contributed by atoms with Crippen molar-refractivity contribution in [3.8, 4) is 10.4 Å². The Morgan fingerprint density at radius 1 is 1.05 bits per heavy atom. The molecule has 2 saturated carbocycles. The van der Waals surface area contributed by atoms with E-state index in [1.165, 1.54) is 0 Å². The van der Waals surface area contributed by atoms with Crippen LogP contribution in [0.25, 0.3) is 10.4 Å². The summed E-state index contributed by atoms with van der Waals surface area (Å²) >= 11 is 1.54. The predicted molar refractivity (Wildman–Crippen MR) is 141 cm³/mol. The summed E-state index contributed by atoms with van der Waals surface area (Å²) in [4.78, 5) is 45.6. The van der Waals surface area contributed by atoms with Gasteiger partial charge in [-0.3, -0.25) is 19.4 Å². The first-order chi connectivity index (χ1) is 18.0. The highest BCUT2D eigenvalue weighted by Gasteiger charge is 2.60. The molecule has 0 spiro atoms. The summed E-state index contributed by atoms with van der Waals surface area (Å²) in [5.74, 6) is -0.864. The van der Waals surface area contributed by atoms with Gasteiger partial charge in [-0.2, -0.15) is 0 Å². The molecule has 2 heterocycles. The molecule has 0 unspecified atom stereocenters. The first-order valence-electron chi connectivity index (χ1n) is 12.9. The van der Waals surface area contributed by atoms with Gasteiger partial charge in [0, 0.05) is 41.4 Å². The van der Waals surface area contributed by atoms with Crippen molar-refractivity contribution in [1.29, 1.82) is 0 Å². The molecule has 0 saturated heterocycles. The average molecular weight is 516 g/mol. The van der Waals surface area contributed by atoms with E-state index in [-0.39, 0.29) is 36.6 Å². The Labute approximate surface area is 219 Å². The molecule has 1 aromatic heterocycles. The number of nitrogens with one attached hydrogen (secondary N) is 1. The van der Waals surface area contributed by atoms with E-state index >= 15 is 0 Å². The van der Waals surface area contributed by atoms with Crippen molar-refractivity contribution < 1.29 is 19.5 Å². The Kier molecular flexibility index (Phi) is 6.07. The number of aliphatic carboxylic acids is 1. The smallest absolute Gasteiger partial charge is 0.303 e. The number of fused-ring (bicyclic) bond motifs is 2. The van der Waals surface area contributed by atoms with Gasteiger partial charge in [0.05, 0.1) is 22.3 Å². The molecular weight excluding hydrogens is 486 g/mol. The molecule has 8 heteroatoms. The monoisotopic (exact) mass is 515 g/mol. The fourth-order valence-corrected chi connectivity index (χ4v) is 7.21. The largest absolute Gasteiger partial charge is 0.481 e. The average Bonchev–Trinajstić information content (AvgIpc) is 3.39. The lowest BCUT2D eigenvalue weighted by Crippen LogP contribution is -2.62. The van der Waals surface area contributed by atoms with Gasteiger partial charge in [0.2, 0.25) is 5.91 Å². The van der Waals surface area contributed by atoms with Gasteiger partial charge in [-0.05, 0) is 55.4 Å². The second kappa shape index (κ2) is 9.41. The minimum absolute atomic E-state index is 0.0303. The lowest BCUT2D eigenvalue weighted by atomic mass is 9.67. The Hall–Kier alpha value is -3.52. The molecule has 3 aliphatic rings. The summed E-state index contributed by atoms with van der Waals surface area (Å²) in [6, 6.07) is 15.7. The molecule has 0 radical (unpaired) electrons. The van der Waals surface area contributed by atoms with Gasteiger partial charge in [-0.1, -0.05) is 36.8 Å². The minimum Gasteiger partial charge on any atom is -0.481 e. The molecule has 6 rings (SSSR count). The number of hydrogen-bond acceptors (Lipinski definition) is 5. The van der Waals surface area contributed by atoms with E-state index in [0.29, 0.717) is 11.5 Å². The summed E-state index contributed by atoms with van der Waals surface area (Å²) in [6.07, 6.45) is 6.38. The Morgan fingerprint density at radius 2 is 1.89 bits per heavy atom. The fraction of sp³-hybridized carbons (Fsp3) is 0.379. The third-order valence-corrected chi connectivity index (χ3v) is 9.01. The fourth-order valence-electron chi connectivity index (χ4n) is 6.59. The second-order valence-corrected chi connectivity index (χ2v) is 11.2. The van der Waals surface area contributed by atoms with Gasteiger partial charge < -0.3 is 15.3 Å². The number of para-hydroxylation sites is 1. The number of carbonyl (C=O) groups is 3. The van der Waals surface area contributed by atoms with E-state index in [2.05, 4.69) is 10.3 Å². The number of amides is 2. The van der Waals surface area contributed by atoms with Crippen LogP contribution in [0, 0.1) is 11.8 Å². The van der Waals surface area contributed by atoms with Crippen molar-refractivity contribution >= 4 is 34.8 Å². The van der Waals surface area contributed by atoms with Gasteiger partial charge >= 0.3 is 5.97 Å². The van der Waals surface area contributed by atoms with Crippen LogP contribution >= 0.6 is 11.3 Å². The van der Waals surface area contributed by atoms with Crippen molar-refractivity contribution in [2.75, 3.05) is 4.90 Å². The van der Waals surface area contributed by atoms with Crippen molar-refractivity contribution in [2.24, 2.45) is 11.8 Å². The maximum Gasteiger partial charge on any atom is 0.303 e. The number of rotatable bonds is 7. The van der Waals surface area contributed by atoms with Crippen molar-refractivity contribution in [3.63, 3.8) is 0 Å². The summed E-state index contributed by atoms with van der Waals surface area (Å²) in [7, 11) is 0. The Morgan fingerprint density at radius 3 is 2.65 bits per heavy atom. The maximum atomic E-state index is 14.2. The third-order valence-electron chi connectivity index (χ3n) is 8.18. The SMILES string of the molecule is O=C(O)CCC(=O)N[C@]1(C2CC2)c2ccccc2N(C(=O)c2cccc(-c3cncs3)c2)[C@@H]2CCC[C@@H]21. The van der Waals surface area contributed by atoms with Gasteiger partial charge in [0.1, 0.15) is 0 Å². The summed E-state index contributed by atoms with van der Waals surface area (Å²) in [6.45, 7) is 0. The zero-order valence-electron chi connectivity index (χ0n) is 20.4. The number of carboxylic acids is 1. The van der Waals surface area contributed by atoms with E-state index in [1.54, 1.807) is 16.8 Å². The summed E-state index contributed by atoms with van der Waals surface area (Å²) in [5.41, 5.74) is 4.65. The molecular formula is C29H29N3O4S. The Bertz CT molecular complexity index is 1350. The molecule has 2 N–H and O–H groups in total. The van der Waals surface area contributed by atoms with Crippen LogP contribution in [0.2, 0.25) is 0 Å². The highest BCUT2D eigenvalue weighted by atomic mass is 32.1. The van der Waals surface area contributed by atoms with Gasteiger partial charge in [-0.25, -0.2) is 0 Å². The molecule has 2 fully saturated rings. The molecule has 1 aliphatic heterocycles. The molecule has 3 atom stereocenters. The van der Waals surface area contributed by atoms with Crippen LogP contribution in [0.3, 0.4) is 0 Å². The lowest BCUT2D eigenvalue weighted by Gasteiger charge is -2.52. The van der Waals surface area contributed by atoms with Crippen LogP contribution < -0.4 is 10.2 Å². The number of hydrogen-bond donors (Lipinski definition) is 2. The third kappa shape index (κ3) is 4.13. The van der Waals surface area contributed by atoms with Crippen molar-refractivity contribution in [3.05, 3.63) is 71.4 Å². The summed E-state index contributed by atoms with van der Waals surface area (Å²) in [5, 5.41) is 12.5. The van der Waals surface area contributed by atoms with Crippen LogP contribution in [0.1, 0.15) is 60.9 Å². The van der Waals surface area contributed by atoms with Gasteiger partial charge in [0.15, 0.2) is 0 Å². The number of anilines is 1. The number of carboxylic acid groups (broad SMARTS) is 1. The molecule has 3 aromatic rings. The van der Waals surface area contributed by atoms with E-state index < -0.39 is 11.5 Å². The zero-order chi connectivity index (χ0) is 25.6.